The number of carbonyl (C=O) groups is 1. The Hall–Kier alpha value is -1.35. The Morgan fingerprint density at radius 3 is 2.88 bits per heavy atom. The summed E-state index contributed by atoms with van der Waals surface area (Å²) < 4.78 is 5.53. The minimum absolute atomic E-state index is 0.169. The number of fused-ring (bicyclic) bond motifs is 2. The molecule has 2 unspecified atom stereocenters. The molecule has 0 spiro atoms. The van der Waals surface area contributed by atoms with E-state index in [0.29, 0.717) is 12.6 Å². The van der Waals surface area contributed by atoms with Crippen LogP contribution in [0.4, 0.5) is 0 Å². The highest BCUT2D eigenvalue weighted by Crippen LogP contribution is 2.29. The van der Waals surface area contributed by atoms with E-state index in [1.165, 1.54) is 0 Å². The SMILES string of the molecule is Cc1ccc(C)c(C(=O)N2CC3CC2CO3)c1. The molecule has 90 valence electrons. The maximum absolute atomic E-state index is 12.5. The zero-order chi connectivity index (χ0) is 12.0. The lowest BCUT2D eigenvalue weighted by Gasteiger charge is -2.27. The number of aryl methyl sites for hydroxylation is 2. The van der Waals surface area contributed by atoms with Crippen LogP contribution in [0.2, 0.25) is 0 Å². The fourth-order valence-corrected chi connectivity index (χ4v) is 2.77. The summed E-state index contributed by atoms with van der Waals surface area (Å²) >= 11 is 0. The van der Waals surface area contributed by atoms with Crippen molar-refractivity contribution in [3.05, 3.63) is 34.9 Å². The summed E-state index contributed by atoms with van der Waals surface area (Å²) in [5.41, 5.74) is 3.04. The smallest absolute Gasteiger partial charge is 0.254 e. The molecule has 2 aliphatic heterocycles. The molecule has 2 saturated heterocycles. The number of carbonyl (C=O) groups excluding carboxylic acids is 1. The number of amides is 1. The first-order valence-corrected chi connectivity index (χ1v) is 6.15. The molecular formula is C14H17NO2. The van der Waals surface area contributed by atoms with Gasteiger partial charge in [0, 0.05) is 12.1 Å². The third kappa shape index (κ3) is 1.75. The van der Waals surface area contributed by atoms with E-state index in [-0.39, 0.29) is 12.0 Å². The van der Waals surface area contributed by atoms with Crippen LogP contribution < -0.4 is 0 Å². The van der Waals surface area contributed by atoms with Crippen molar-refractivity contribution in [2.45, 2.75) is 32.4 Å². The average molecular weight is 231 g/mol. The first-order chi connectivity index (χ1) is 8.15. The van der Waals surface area contributed by atoms with Gasteiger partial charge < -0.3 is 9.64 Å². The summed E-state index contributed by atoms with van der Waals surface area (Å²) in [5.74, 6) is 0.169. The largest absolute Gasteiger partial charge is 0.374 e. The predicted molar refractivity (Wildman–Crippen MR) is 65.1 cm³/mol. The number of hydrogen-bond acceptors (Lipinski definition) is 2. The summed E-state index contributed by atoms with van der Waals surface area (Å²) in [4.78, 5) is 14.5. The van der Waals surface area contributed by atoms with Gasteiger partial charge in [0.25, 0.3) is 5.91 Å². The molecule has 0 aromatic heterocycles. The highest BCUT2D eigenvalue weighted by atomic mass is 16.5. The minimum Gasteiger partial charge on any atom is -0.374 e. The van der Waals surface area contributed by atoms with Gasteiger partial charge in [-0.25, -0.2) is 0 Å². The molecule has 2 heterocycles. The van der Waals surface area contributed by atoms with Crippen LogP contribution in [-0.4, -0.2) is 36.1 Å². The lowest BCUT2D eigenvalue weighted by molar-refractivity contribution is 0.0258. The summed E-state index contributed by atoms with van der Waals surface area (Å²) in [5, 5.41) is 0. The second-order valence-corrected chi connectivity index (χ2v) is 5.12. The molecule has 0 aliphatic carbocycles. The molecule has 17 heavy (non-hydrogen) atoms. The van der Waals surface area contributed by atoms with Gasteiger partial charge in [-0.05, 0) is 31.9 Å². The fraction of sp³-hybridized carbons (Fsp3) is 0.500. The lowest BCUT2D eigenvalue weighted by atomic mass is 10.0. The number of rotatable bonds is 1. The topological polar surface area (TPSA) is 29.5 Å². The van der Waals surface area contributed by atoms with Crippen molar-refractivity contribution in [3.63, 3.8) is 0 Å². The third-order valence-corrected chi connectivity index (χ3v) is 3.78. The van der Waals surface area contributed by atoms with Crippen LogP contribution in [0.3, 0.4) is 0 Å². The molecular weight excluding hydrogens is 214 g/mol. The van der Waals surface area contributed by atoms with E-state index >= 15 is 0 Å². The van der Waals surface area contributed by atoms with Crippen molar-refractivity contribution in [2.24, 2.45) is 0 Å². The quantitative estimate of drug-likeness (QED) is 0.739. The zero-order valence-corrected chi connectivity index (χ0v) is 10.3. The Kier molecular flexibility index (Phi) is 2.44. The second-order valence-electron chi connectivity index (χ2n) is 5.12. The number of hydrogen-bond donors (Lipinski definition) is 0. The molecule has 2 aliphatic rings. The normalized spacial score (nSPS) is 26.6. The van der Waals surface area contributed by atoms with E-state index in [1.807, 2.05) is 36.9 Å². The molecule has 1 aromatic carbocycles. The van der Waals surface area contributed by atoms with Gasteiger partial charge in [0.2, 0.25) is 0 Å². The maximum Gasteiger partial charge on any atom is 0.254 e. The lowest BCUT2D eigenvalue weighted by Crippen LogP contribution is -2.41. The molecule has 0 N–H and O–H groups in total. The Bertz CT molecular complexity index is 469. The molecule has 2 atom stereocenters. The molecule has 1 amide bonds. The molecule has 0 saturated carbocycles. The second kappa shape index (κ2) is 3.84. The third-order valence-electron chi connectivity index (χ3n) is 3.78. The van der Waals surface area contributed by atoms with E-state index in [1.54, 1.807) is 0 Å². The number of likely N-dealkylation sites (tertiary alicyclic amines) is 1. The molecule has 3 rings (SSSR count). The van der Waals surface area contributed by atoms with Crippen molar-refractivity contribution < 1.29 is 9.53 Å². The van der Waals surface area contributed by atoms with Crippen LogP contribution in [-0.2, 0) is 4.74 Å². The first-order valence-electron chi connectivity index (χ1n) is 6.15. The van der Waals surface area contributed by atoms with Gasteiger partial charge in [0.05, 0.1) is 18.8 Å². The van der Waals surface area contributed by atoms with Gasteiger partial charge in [0.15, 0.2) is 0 Å². The van der Waals surface area contributed by atoms with Crippen molar-refractivity contribution in [1.82, 2.24) is 4.90 Å². The monoisotopic (exact) mass is 231 g/mol. The number of morpholine rings is 1. The standard InChI is InChI=1S/C14H17NO2/c1-9-3-4-10(2)13(5-9)14(16)15-7-12-6-11(15)8-17-12/h3-5,11-12H,6-8H2,1-2H3. The van der Waals surface area contributed by atoms with Gasteiger partial charge in [-0.2, -0.15) is 0 Å². The van der Waals surface area contributed by atoms with Crippen LogP contribution in [0.15, 0.2) is 18.2 Å². The van der Waals surface area contributed by atoms with Gasteiger partial charge in [-0.1, -0.05) is 17.7 Å². The molecule has 1 aromatic rings. The predicted octanol–water partition coefficient (Wildman–Crippen LogP) is 1.92. The number of benzene rings is 1. The molecule has 2 fully saturated rings. The van der Waals surface area contributed by atoms with Crippen molar-refractivity contribution in [2.75, 3.05) is 13.2 Å². The summed E-state index contributed by atoms with van der Waals surface area (Å²) in [6.07, 6.45) is 1.28. The van der Waals surface area contributed by atoms with E-state index in [0.717, 1.165) is 29.7 Å². The van der Waals surface area contributed by atoms with Gasteiger partial charge in [0.1, 0.15) is 0 Å². The van der Waals surface area contributed by atoms with E-state index in [9.17, 15) is 4.79 Å². The maximum atomic E-state index is 12.5. The summed E-state index contributed by atoms with van der Waals surface area (Å²) in [6, 6.07) is 6.36. The van der Waals surface area contributed by atoms with E-state index < -0.39 is 0 Å². The van der Waals surface area contributed by atoms with Crippen molar-refractivity contribution in [3.8, 4) is 0 Å². The van der Waals surface area contributed by atoms with Crippen molar-refractivity contribution >= 4 is 5.91 Å². The Morgan fingerprint density at radius 2 is 2.24 bits per heavy atom. The average Bonchev–Trinajstić information content (AvgIpc) is 2.93. The Morgan fingerprint density at radius 1 is 1.41 bits per heavy atom. The van der Waals surface area contributed by atoms with Crippen LogP contribution in [0.25, 0.3) is 0 Å². The number of ether oxygens (including phenoxy) is 1. The summed E-state index contributed by atoms with van der Waals surface area (Å²) in [7, 11) is 0. The van der Waals surface area contributed by atoms with Crippen LogP contribution >= 0.6 is 0 Å². The molecule has 3 heteroatoms. The summed E-state index contributed by atoms with van der Waals surface area (Å²) in [6.45, 7) is 5.49. The molecule has 0 radical (unpaired) electrons. The van der Waals surface area contributed by atoms with Crippen LogP contribution in [0.1, 0.15) is 27.9 Å². The minimum atomic E-state index is 0.169. The van der Waals surface area contributed by atoms with Gasteiger partial charge >= 0.3 is 0 Å². The Labute approximate surface area is 101 Å². The van der Waals surface area contributed by atoms with E-state index in [4.69, 9.17) is 4.74 Å². The first kappa shape index (κ1) is 10.8. The number of nitrogens with zero attached hydrogens (tertiary/aromatic N) is 1. The van der Waals surface area contributed by atoms with Crippen LogP contribution in [0, 0.1) is 13.8 Å². The highest BCUT2D eigenvalue weighted by Gasteiger charge is 2.41. The fourth-order valence-electron chi connectivity index (χ4n) is 2.77. The molecule has 2 bridgehead atoms. The zero-order valence-electron chi connectivity index (χ0n) is 10.3. The van der Waals surface area contributed by atoms with Crippen LogP contribution in [0.5, 0.6) is 0 Å². The van der Waals surface area contributed by atoms with Gasteiger partial charge in [-0.3, -0.25) is 4.79 Å². The van der Waals surface area contributed by atoms with Gasteiger partial charge in [-0.15, -0.1) is 0 Å². The van der Waals surface area contributed by atoms with E-state index in [2.05, 4.69) is 0 Å². The highest BCUT2D eigenvalue weighted by molar-refractivity contribution is 5.96. The van der Waals surface area contributed by atoms with Crippen molar-refractivity contribution in [1.29, 1.82) is 0 Å². The molecule has 3 nitrogen and oxygen atoms in total. The Balaban J connectivity index is 1.89.